The Kier molecular flexibility index (Phi) is 8.09. The SMILES string of the molecule is Cc1ccc(S(=O)(=O)[O-])cc1.Cc1ccccc1[P+](C)(c1ccccc1C)c1ccccc1C. The molecular weight excluding hydrogens is 459 g/mol. The van der Waals surface area contributed by atoms with Crippen molar-refractivity contribution in [2.24, 2.45) is 0 Å². The molecule has 0 aromatic heterocycles. The Labute approximate surface area is 204 Å². The van der Waals surface area contributed by atoms with Crippen LogP contribution in [0.15, 0.2) is 102 Å². The van der Waals surface area contributed by atoms with Crippen molar-refractivity contribution in [1.82, 2.24) is 0 Å². The summed E-state index contributed by atoms with van der Waals surface area (Å²) < 4.78 is 31.2. The molecule has 0 spiro atoms. The van der Waals surface area contributed by atoms with Crippen LogP contribution in [0.5, 0.6) is 0 Å². The first-order valence-corrected chi connectivity index (χ1v) is 14.8. The van der Waals surface area contributed by atoms with Crippen LogP contribution in [0, 0.1) is 27.7 Å². The fourth-order valence-corrected chi connectivity index (χ4v) is 9.03. The predicted octanol–water partition coefficient (Wildman–Crippen LogP) is 5.43. The lowest BCUT2D eigenvalue weighted by atomic mass is 10.2. The molecule has 0 heterocycles. The van der Waals surface area contributed by atoms with Crippen molar-refractivity contribution in [3.63, 3.8) is 0 Å². The van der Waals surface area contributed by atoms with Crippen LogP contribution in [0.2, 0.25) is 0 Å². The summed E-state index contributed by atoms with van der Waals surface area (Å²) >= 11 is 0. The van der Waals surface area contributed by atoms with Gasteiger partial charge in [-0.05, 0) is 74.7 Å². The molecule has 34 heavy (non-hydrogen) atoms. The molecule has 0 N–H and O–H groups in total. The Morgan fingerprint density at radius 3 is 1.18 bits per heavy atom. The maximum Gasteiger partial charge on any atom is 0.124 e. The molecule has 4 aromatic carbocycles. The first kappa shape index (κ1) is 25.8. The first-order valence-electron chi connectivity index (χ1n) is 11.1. The molecule has 0 saturated heterocycles. The molecule has 0 amide bonds. The second kappa shape index (κ2) is 10.7. The van der Waals surface area contributed by atoms with Gasteiger partial charge in [-0.15, -0.1) is 0 Å². The van der Waals surface area contributed by atoms with Gasteiger partial charge in [0.2, 0.25) is 0 Å². The van der Waals surface area contributed by atoms with Crippen LogP contribution in [-0.4, -0.2) is 19.6 Å². The maximum absolute atomic E-state index is 10.4. The van der Waals surface area contributed by atoms with Gasteiger partial charge in [-0.25, -0.2) is 8.42 Å². The molecule has 4 rings (SSSR count). The van der Waals surface area contributed by atoms with Gasteiger partial charge in [0, 0.05) is 0 Å². The number of aryl methyl sites for hydroxylation is 4. The molecule has 0 saturated carbocycles. The van der Waals surface area contributed by atoms with Gasteiger partial charge in [0.15, 0.2) is 0 Å². The van der Waals surface area contributed by atoms with Gasteiger partial charge in [-0.3, -0.25) is 0 Å². The Balaban J connectivity index is 0.000000248. The second-order valence-corrected chi connectivity index (χ2v) is 13.5. The van der Waals surface area contributed by atoms with E-state index < -0.39 is 17.4 Å². The Bertz CT molecular complexity index is 1270. The molecule has 4 aromatic rings. The molecule has 0 fully saturated rings. The van der Waals surface area contributed by atoms with Crippen molar-refractivity contribution in [1.29, 1.82) is 0 Å². The van der Waals surface area contributed by atoms with Crippen LogP contribution < -0.4 is 15.9 Å². The third kappa shape index (κ3) is 5.64. The third-order valence-corrected chi connectivity index (χ3v) is 11.3. The first-order chi connectivity index (χ1) is 16.0. The molecule has 176 valence electrons. The molecular formula is C29H31O3PS. The molecule has 5 heteroatoms. The van der Waals surface area contributed by atoms with Gasteiger partial charge in [0.05, 0.1) is 11.6 Å². The molecule has 0 atom stereocenters. The molecule has 0 aliphatic carbocycles. The van der Waals surface area contributed by atoms with Crippen molar-refractivity contribution in [3.05, 3.63) is 119 Å². The second-order valence-electron chi connectivity index (χ2n) is 8.63. The van der Waals surface area contributed by atoms with Crippen molar-refractivity contribution < 1.29 is 13.0 Å². The molecule has 0 unspecified atom stereocenters. The van der Waals surface area contributed by atoms with Gasteiger partial charge in [0.25, 0.3) is 0 Å². The van der Waals surface area contributed by atoms with Crippen molar-refractivity contribution >= 4 is 33.3 Å². The molecule has 0 aliphatic rings. The molecule has 0 aliphatic heterocycles. The summed E-state index contributed by atoms with van der Waals surface area (Å²) in [6.07, 6.45) is 0. The van der Waals surface area contributed by atoms with Gasteiger partial charge < -0.3 is 4.55 Å². The summed E-state index contributed by atoms with van der Waals surface area (Å²) in [6.45, 7) is 11.0. The minimum Gasteiger partial charge on any atom is -0.744 e. The third-order valence-electron chi connectivity index (χ3n) is 6.10. The van der Waals surface area contributed by atoms with E-state index in [-0.39, 0.29) is 4.90 Å². The molecule has 0 radical (unpaired) electrons. The van der Waals surface area contributed by atoms with Crippen molar-refractivity contribution in [2.45, 2.75) is 32.6 Å². The number of benzene rings is 4. The van der Waals surface area contributed by atoms with Crippen LogP contribution in [0.1, 0.15) is 22.3 Å². The van der Waals surface area contributed by atoms with E-state index in [1.165, 1.54) is 44.7 Å². The van der Waals surface area contributed by atoms with Crippen LogP contribution in [0.25, 0.3) is 0 Å². The quantitative estimate of drug-likeness (QED) is 0.283. The Hall–Kier alpha value is -2.78. The largest absolute Gasteiger partial charge is 0.744 e. The highest BCUT2D eigenvalue weighted by Crippen LogP contribution is 2.53. The normalized spacial score (nSPS) is 11.5. The summed E-state index contributed by atoms with van der Waals surface area (Å²) in [7, 11) is -5.91. The minimum atomic E-state index is -4.27. The number of hydrogen-bond acceptors (Lipinski definition) is 3. The van der Waals surface area contributed by atoms with E-state index in [0.29, 0.717) is 0 Å². The summed E-state index contributed by atoms with van der Waals surface area (Å²) in [6, 6.07) is 32.4. The van der Waals surface area contributed by atoms with E-state index in [4.69, 9.17) is 0 Å². The van der Waals surface area contributed by atoms with Crippen LogP contribution in [0.4, 0.5) is 0 Å². The Morgan fingerprint density at radius 2 is 0.882 bits per heavy atom. The smallest absolute Gasteiger partial charge is 0.124 e. The van der Waals surface area contributed by atoms with Crippen LogP contribution in [-0.2, 0) is 10.1 Å². The minimum absolute atomic E-state index is 0.178. The van der Waals surface area contributed by atoms with E-state index >= 15 is 0 Å². The van der Waals surface area contributed by atoms with E-state index in [2.05, 4.69) is 100 Å². The summed E-state index contributed by atoms with van der Waals surface area (Å²) in [5.41, 5.74) is 5.08. The zero-order valence-electron chi connectivity index (χ0n) is 20.3. The van der Waals surface area contributed by atoms with E-state index in [1.54, 1.807) is 12.1 Å². The lowest BCUT2D eigenvalue weighted by Crippen LogP contribution is -2.34. The fraction of sp³-hybridized carbons (Fsp3) is 0.172. The lowest BCUT2D eigenvalue weighted by Gasteiger charge is -2.27. The van der Waals surface area contributed by atoms with Gasteiger partial charge >= 0.3 is 0 Å². The van der Waals surface area contributed by atoms with E-state index in [9.17, 15) is 13.0 Å². The number of rotatable bonds is 4. The van der Waals surface area contributed by atoms with E-state index in [1.807, 2.05) is 6.92 Å². The van der Waals surface area contributed by atoms with Crippen LogP contribution >= 0.6 is 7.26 Å². The Morgan fingerprint density at radius 1 is 0.559 bits per heavy atom. The average Bonchev–Trinajstić information content (AvgIpc) is 2.80. The standard InChI is InChI=1S/C22H24P.C7H8O3S/c1-17-11-5-8-14-20(17)23(4,21-15-9-6-12-18(21)2)22-16-10-7-13-19(22)3;1-6-2-4-7(5-3-6)11(8,9)10/h5-16H,1-4H3;2-5H,1H3,(H,8,9,10)/q+1;/p-1. The fourth-order valence-electron chi connectivity index (χ4n) is 4.29. The average molecular weight is 491 g/mol. The number of hydrogen-bond donors (Lipinski definition) is 0. The zero-order chi connectivity index (χ0) is 24.9. The van der Waals surface area contributed by atoms with Gasteiger partial charge in [-0.2, -0.15) is 0 Å². The zero-order valence-corrected chi connectivity index (χ0v) is 22.0. The molecule has 3 nitrogen and oxygen atoms in total. The topological polar surface area (TPSA) is 57.2 Å². The monoisotopic (exact) mass is 490 g/mol. The highest BCUT2D eigenvalue weighted by Gasteiger charge is 2.43. The van der Waals surface area contributed by atoms with Crippen molar-refractivity contribution in [2.75, 3.05) is 6.66 Å². The predicted molar refractivity (Wildman–Crippen MR) is 144 cm³/mol. The van der Waals surface area contributed by atoms with Gasteiger partial charge in [-0.1, -0.05) is 72.3 Å². The lowest BCUT2D eigenvalue weighted by molar-refractivity contribution is 0.463. The summed E-state index contributed by atoms with van der Waals surface area (Å²) in [4.78, 5) is -0.178. The highest BCUT2D eigenvalue weighted by molar-refractivity contribution is 7.95. The van der Waals surface area contributed by atoms with Gasteiger partial charge in [0.1, 0.15) is 33.3 Å². The molecule has 0 bridgehead atoms. The van der Waals surface area contributed by atoms with Crippen molar-refractivity contribution in [3.8, 4) is 0 Å². The van der Waals surface area contributed by atoms with Crippen LogP contribution in [0.3, 0.4) is 0 Å². The summed E-state index contributed by atoms with van der Waals surface area (Å²) in [5.74, 6) is 0. The maximum atomic E-state index is 10.4. The van der Waals surface area contributed by atoms with E-state index in [0.717, 1.165) is 5.56 Å². The summed E-state index contributed by atoms with van der Waals surface area (Å²) in [5, 5.41) is 4.47. The highest BCUT2D eigenvalue weighted by atomic mass is 32.2.